The van der Waals surface area contributed by atoms with Gasteiger partial charge in [-0.1, -0.05) is 0 Å². The van der Waals surface area contributed by atoms with Gasteiger partial charge in [-0.05, 0) is 36.7 Å². The Morgan fingerprint density at radius 2 is 2.20 bits per heavy atom. The van der Waals surface area contributed by atoms with Gasteiger partial charge in [0.15, 0.2) is 5.78 Å². The van der Waals surface area contributed by atoms with Crippen LogP contribution in [-0.4, -0.2) is 15.1 Å². The quantitative estimate of drug-likeness (QED) is 0.728. The van der Waals surface area contributed by atoms with E-state index in [2.05, 4.69) is 9.36 Å². The first-order chi connectivity index (χ1) is 7.16. The van der Waals surface area contributed by atoms with E-state index in [1.807, 2.05) is 19.1 Å². The molecule has 0 saturated carbocycles. The summed E-state index contributed by atoms with van der Waals surface area (Å²) in [6.45, 7) is 3.47. The molecule has 2 aromatic heterocycles. The summed E-state index contributed by atoms with van der Waals surface area (Å²) >= 11 is 1.44. The number of rotatable bonds is 2. The van der Waals surface area contributed by atoms with Crippen LogP contribution in [0.2, 0.25) is 0 Å². The Bertz CT molecular complexity index is 488. The third-order valence-electron chi connectivity index (χ3n) is 2.04. The molecule has 0 radical (unpaired) electrons. The van der Waals surface area contributed by atoms with E-state index >= 15 is 0 Å². The van der Waals surface area contributed by atoms with Crippen LogP contribution in [-0.2, 0) is 0 Å². The lowest BCUT2D eigenvalue weighted by Crippen LogP contribution is -1.95. The van der Waals surface area contributed by atoms with Gasteiger partial charge in [-0.15, -0.1) is 0 Å². The number of carbonyl (C=O) groups is 1. The molecule has 3 nitrogen and oxygen atoms in total. The minimum absolute atomic E-state index is 0.0120. The highest BCUT2D eigenvalue weighted by Crippen LogP contribution is 2.23. The van der Waals surface area contributed by atoms with Crippen LogP contribution in [0.15, 0.2) is 24.4 Å². The highest BCUT2D eigenvalue weighted by Gasteiger charge is 2.04. The van der Waals surface area contributed by atoms with Gasteiger partial charge in [0.2, 0.25) is 0 Å². The maximum absolute atomic E-state index is 11.0. The number of aryl methyl sites for hydroxylation is 1. The van der Waals surface area contributed by atoms with Gasteiger partial charge in [-0.25, -0.2) is 0 Å². The summed E-state index contributed by atoms with van der Waals surface area (Å²) < 4.78 is 4.20. The number of ketones is 1. The number of aromatic nitrogens is 2. The topological polar surface area (TPSA) is 42.9 Å². The fourth-order valence-corrected chi connectivity index (χ4v) is 1.99. The van der Waals surface area contributed by atoms with Crippen LogP contribution in [0.5, 0.6) is 0 Å². The van der Waals surface area contributed by atoms with E-state index in [1.165, 1.54) is 18.5 Å². The van der Waals surface area contributed by atoms with Crippen molar-refractivity contribution in [3.05, 3.63) is 35.8 Å². The zero-order chi connectivity index (χ0) is 10.8. The van der Waals surface area contributed by atoms with E-state index in [9.17, 15) is 4.79 Å². The van der Waals surface area contributed by atoms with E-state index in [1.54, 1.807) is 12.3 Å². The van der Waals surface area contributed by atoms with Crippen molar-refractivity contribution in [2.45, 2.75) is 13.8 Å². The van der Waals surface area contributed by atoms with Crippen molar-refractivity contribution >= 4 is 17.3 Å². The summed E-state index contributed by atoms with van der Waals surface area (Å²) in [6, 6.07) is 5.65. The zero-order valence-electron chi connectivity index (χ0n) is 8.52. The Hall–Kier alpha value is -1.55. The van der Waals surface area contributed by atoms with E-state index in [4.69, 9.17) is 0 Å². The van der Waals surface area contributed by atoms with Gasteiger partial charge >= 0.3 is 0 Å². The third kappa shape index (κ3) is 2.10. The van der Waals surface area contributed by atoms with Gasteiger partial charge in [0.1, 0.15) is 5.69 Å². The van der Waals surface area contributed by atoms with Gasteiger partial charge in [-0.3, -0.25) is 9.78 Å². The minimum Gasteiger partial charge on any atom is -0.293 e. The van der Waals surface area contributed by atoms with Crippen molar-refractivity contribution in [3.8, 4) is 10.4 Å². The summed E-state index contributed by atoms with van der Waals surface area (Å²) in [5.74, 6) is -0.0120. The highest BCUT2D eigenvalue weighted by atomic mass is 32.1. The molecule has 0 unspecified atom stereocenters. The molecule has 4 heteroatoms. The second kappa shape index (κ2) is 3.90. The Labute approximate surface area is 92.0 Å². The van der Waals surface area contributed by atoms with E-state index in [0.717, 1.165) is 16.1 Å². The molecule has 0 fully saturated rings. The fourth-order valence-electron chi connectivity index (χ4n) is 1.25. The number of carbonyl (C=O) groups excluding carboxylic acids is 1. The van der Waals surface area contributed by atoms with Gasteiger partial charge in [0.25, 0.3) is 0 Å². The Morgan fingerprint density at radius 1 is 1.40 bits per heavy atom. The molecule has 0 aliphatic heterocycles. The van der Waals surface area contributed by atoms with Crippen LogP contribution in [0.4, 0.5) is 0 Å². The van der Waals surface area contributed by atoms with E-state index < -0.39 is 0 Å². The monoisotopic (exact) mass is 218 g/mol. The first kappa shape index (κ1) is 9.98. The second-order valence-corrected chi connectivity index (χ2v) is 4.13. The summed E-state index contributed by atoms with van der Waals surface area (Å²) in [5.41, 5.74) is 2.51. The van der Waals surface area contributed by atoms with Crippen LogP contribution in [0, 0.1) is 6.92 Å². The summed E-state index contributed by atoms with van der Waals surface area (Å²) in [7, 11) is 0. The number of hydrogen-bond donors (Lipinski definition) is 0. The van der Waals surface area contributed by atoms with Gasteiger partial charge in [-0.2, -0.15) is 4.37 Å². The molecule has 2 rings (SSSR count). The Kier molecular flexibility index (Phi) is 2.60. The normalized spacial score (nSPS) is 10.3. The molecule has 76 valence electrons. The van der Waals surface area contributed by atoms with Gasteiger partial charge in [0, 0.05) is 18.7 Å². The molecule has 0 aliphatic carbocycles. The van der Waals surface area contributed by atoms with Crippen molar-refractivity contribution in [2.24, 2.45) is 0 Å². The smallest absolute Gasteiger partial charge is 0.178 e. The minimum atomic E-state index is -0.0120. The van der Waals surface area contributed by atoms with Crippen LogP contribution in [0.25, 0.3) is 10.4 Å². The van der Waals surface area contributed by atoms with Gasteiger partial charge < -0.3 is 0 Å². The summed E-state index contributed by atoms with van der Waals surface area (Å²) in [5, 5.41) is 0. The lowest BCUT2D eigenvalue weighted by atomic mass is 10.2. The first-order valence-electron chi connectivity index (χ1n) is 4.57. The maximum Gasteiger partial charge on any atom is 0.178 e. The predicted octanol–water partition coefficient (Wildman–Crippen LogP) is 2.72. The molecule has 0 aromatic carbocycles. The van der Waals surface area contributed by atoms with Crippen molar-refractivity contribution < 1.29 is 4.79 Å². The summed E-state index contributed by atoms with van der Waals surface area (Å²) in [6.07, 6.45) is 1.71. The average Bonchev–Trinajstić information content (AvgIpc) is 2.65. The van der Waals surface area contributed by atoms with Crippen molar-refractivity contribution in [1.29, 1.82) is 0 Å². The van der Waals surface area contributed by atoms with Crippen LogP contribution >= 0.6 is 11.5 Å². The van der Waals surface area contributed by atoms with Crippen LogP contribution in [0.1, 0.15) is 23.1 Å². The lowest BCUT2D eigenvalue weighted by Gasteiger charge is -1.97. The zero-order valence-corrected chi connectivity index (χ0v) is 9.34. The molecular weight excluding hydrogens is 208 g/mol. The molecule has 0 spiro atoms. The van der Waals surface area contributed by atoms with E-state index in [-0.39, 0.29) is 5.78 Å². The maximum atomic E-state index is 11.0. The van der Waals surface area contributed by atoms with Crippen molar-refractivity contribution in [2.75, 3.05) is 0 Å². The molecule has 0 N–H and O–H groups in total. The number of nitrogens with zero attached hydrogens (tertiary/aromatic N) is 2. The molecule has 2 aromatic rings. The predicted molar refractivity (Wildman–Crippen MR) is 60.1 cm³/mol. The second-order valence-electron chi connectivity index (χ2n) is 3.32. The largest absolute Gasteiger partial charge is 0.293 e. The fraction of sp³-hybridized carbons (Fsp3) is 0.182. The van der Waals surface area contributed by atoms with Crippen LogP contribution in [0.3, 0.4) is 0 Å². The molecule has 2 heterocycles. The Balaban J connectivity index is 2.35. The SMILES string of the molecule is CC(=O)c1ccc(-c2cc(C)ns2)cn1. The lowest BCUT2D eigenvalue weighted by molar-refractivity contribution is 0.101. The van der Waals surface area contributed by atoms with Crippen LogP contribution < -0.4 is 0 Å². The Morgan fingerprint density at radius 3 is 2.67 bits per heavy atom. The van der Waals surface area contributed by atoms with E-state index in [0.29, 0.717) is 5.69 Å². The number of pyridine rings is 1. The number of hydrogen-bond acceptors (Lipinski definition) is 4. The first-order valence-corrected chi connectivity index (χ1v) is 5.35. The molecule has 0 atom stereocenters. The number of Topliss-reactive ketones (excluding diaryl/α,β-unsaturated/α-hetero) is 1. The van der Waals surface area contributed by atoms with Gasteiger partial charge in [0.05, 0.1) is 10.6 Å². The third-order valence-corrected chi connectivity index (χ3v) is 2.97. The molecule has 0 amide bonds. The molecule has 0 aliphatic rings. The molecule has 0 saturated heterocycles. The summed E-state index contributed by atoms with van der Waals surface area (Å²) in [4.78, 5) is 16.2. The molecule has 15 heavy (non-hydrogen) atoms. The van der Waals surface area contributed by atoms with Crippen molar-refractivity contribution in [3.63, 3.8) is 0 Å². The molecular formula is C11H10N2OS. The standard InChI is InChI=1S/C11H10N2OS/c1-7-5-11(15-13-7)9-3-4-10(8(2)14)12-6-9/h3-6H,1-2H3. The average molecular weight is 218 g/mol. The highest BCUT2D eigenvalue weighted by molar-refractivity contribution is 7.09. The van der Waals surface area contributed by atoms with Crippen molar-refractivity contribution in [1.82, 2.24) is 9.36 Å². The molecule has 0 bridgehead atoms.